The summed E-state index contributed by atoms with van der Waals surface area (Å²) in [6.45, 7) is 8.48. The highest BCUT2D eigenvalue weighted by Gasteiger charge is 2.25. The van der Waals surface area contributed by atoms with Crippen molar-refractivity contribution in [3.63, 3.8) is 0 Å². The third-order valence-electron chi connectivity index (χ3n) is 5.57. The first-order valence-corrected chi connectivity index (χ1v) is 12.4. The van der Waals surface area contributed by atoms with Gasteiger partial charge in [-0.2, -0.15) is 0 Å². The van der Waals surface area contributed by atoms with Gasteiger partial charge in [0.1, 0.15) is 0 Å². The van der Waals surface area contributed by atoms with Gasteiger partial charge < -0.3 is 15.4 Å². The molecule has 1 aromatic carbocycles. The topological polar surface area (TPSA) is 83.6 Å². The quantitative estimate of drug-likeness (QED) is 0.565. The molecule has 172 valence electrons. The van der Waals surface area contributed by atoms with E-state index in [1.165, 1.54) is 11.8 Å². The van der Waals surface area contributed by atoms with Crippen molar-refractivity contribution >= 4 is 34.5 Å². The van der Waals surface area contributed by atoms with Gasteiger partial charge in [0.15, 0.2) is 0 Å². The molecular formula is C24H32N4O3S. The molecule has 4 rings (SSSR count). The van der Waals surface area contributed by atoms with E-state index in [4.69, 9.17) is 4.74 Å². The Balaban J connectivity index is 1.32. The van der Waals surface area contributed by atoms with E-state index in [0.717, 1.165) is 43.4 Å². The van der Waals surface area contributed by atoms with Gasteiger partial charge in [-0.1, -0.05) is 43.8 Å². The van der Waals surface area contributed by atoms with E-state index in [1.807, 2.05) is 24.3 Å². The number of ether oxygens (including phenoxy) is 1. The van der Waals surface area contributed by atoms with Gasteiger partial charge in [-0.3, -0.25) is 14.5 Å². The van der Waals surface area contributed by atoms with Crippen LogP contribution >= 0.6 is 11.8 Å². The minimum atomic E-state index is -0.0715. The lowest BCUT2D eigenvalue weighted by atomic mass is 10.1. The van der Waals surface area contributed by atoms with Crippen LogP contribution in [0.25, 0.3) is 10.9 Å². The smallest absolute Gasteiger partial charge is 0.252 e. The molecule has 2 fully saturated rings. The van der Waals surface area contributed by atoms with Gasteiger partial charge in [0, 0.05) is 37.6 Å². The first kappa shape index (κ1) is 23.0. The maximum absolute atomic E-state index is 12.7. The van der Waals surface area contributed by atoms with Gasteiger partial charge in [0.25, 0.3) is 5.91 Å². The number of carbonyl (C=O) groups is 2. The number of aromatic nitrogens is 1. The number of benzene rings is 1. The van der Waals surface area contributed by atoms with Crippen LogP contribution in [0.1, 0.15) is 37.0 Å². The third-order valence-corrected chi connectivity index (χ3v) is 6.49. The minimum Gasteiger partial charge on any atom is -0.374 e. The molecule has 2 amide bonds. The van der Waals surface area contributed by atoms with Gasteiger partial charge in [-0.25, -0.2) is 4.98 Å². The Hall–Kier alpha value is -2.16. The molecular weight excluding hydrogens is 424 g/mol. The predicted octanol–water partition coefficient (Wildman–Crippen LogP) is 2.69. The molecule has 1 aliphatic carbocycles. The van der Waals surface area contributed by atoms with Crippen molar-refractivity contribution < 1.29 is 14.3 Å². The molecule has 2 N–H and O–H groups in total. The molecule has 1 aromatic heterocycles. The first-order valence-electron chi connectivity index (χ1n) is 11.4. The second-order valence-corrected chi connectivity index (χ2v) is 10.0. The lowest BCUT2D eigenvalue weighted by molar-refractivity contribution is -0.119. The molecule has 1 unspecified atom stereocenters. The summed E-state index contributed by atoms with van der Waals surface area (Å²) in [4.78, 5) is 32.2. The van der Waals surface area contributed by atoms with E-state index in [-0.39, 0.29) is 29.7 Å². The Kier molecular flexibility index (Phi) is 7.65. The number of rotatable bonds is 9. The van der Waals surface area contributed by atoms with E-state index in [2.05, 4.69) is 34.4 Å². The lowest BCUT2D eigenvalue weighted by Gasteiger charge is -2.33. The Bertz CT molecular complexity index is 963. The first-order chi connectivity index (χ1) is 15.5. The Morgan fingerprint density at radius 2 is 2.09 bits per heavy atom. The average Bonchev–Trinajstić information content (AvgIpc) is 3.59. The van der Waals surface area contributed by atoms with Crippen LogP contribution in [0.3, 0.4) is 0 Å². The number of hydrogen-bond acceptors (Lipinski definition) is 6. The van der Waals surface area contributed by atoms with Crippen LogP contribution < -0.4 is 10.6 Å². The fourth-order valence-electron chi connectivity index (χ4n) is 3.91. The summed E-state index contributed by atoms with van der Waals surface area (Å²) in [7, 11) is 0. The van der Waals surface area contributed by atoms with Crippen molar-refractivity contribution in [2.24, 2.45) is 5.92 Å². The monoisotopic (exact) mass is 456 g/mol. The van der Waals surface area contributed by atoms with E-state index in [0.29, 0.717) is 29.7 Å². The molecule has 0 radical (unpaired) electrons. The van der Waals surface area contributed by atoms with Gasteiger partial charge in [-0.05, 0) is 30.9 Å². The maximum Gasteiger partial charge on any atom is 0.252 e. The number of morpholine rings is 1. The summed E-state index contributed by atoms with van der Waals surface area (Å²) in [5.41, 5.74) is 1.38. The van der Waals surface area contributed by atoms with Crippen molar-refractivity contribution in [2.45, 2.75) is 43.9 Å². The van der Waals surface area contributed by atoms with E-state index < -0.39 is 0 Å². The third kappa shape index (κ3) is 6.43. The average molecular weight is 457 g/mol. The van der Waals surface area contributed by atoms with Crippen LogP contribution in [0.2, 0.25) is 0 Å². The fourth-order valence-corrected chi connectivity index (χ4v) is 4.65. The maximum atomic E-state index is 12.7. The largest absolute Gasteiger partial charge is 0.374 e. The van der Waals surface area contributed by atoms with Crippen LogP contribution in [-0.4, -0.2) is 72.4 Å². The molecule has 1 atom stereocenters. The van der Waals surface area contributed by atoms with Crippen molar-refractivity contribution in [1.29, 1.82) is 0 Å². The van der Waals surface area contributed by atoms with Crippen molar-refractivity contribution in [1.82, 2.24) is 20.5 Å². The summed E-state index contributed by atoms with van der Waals surface area (Å²) in [5, 5.41) is 7.55. The Labute approximate surface area is 193 Å². The second kappa shape index (κ2) is 10.6. The summed E-state index contributed by atoms with van der Waals surface area (Å²) < 4.78 is 5.81. The van der Waals surface area contributed by atoms with Crippen LogP contribution in [0.5, 0.6) is 0 Å². The standard InChI is InChI=1S/C24H32N4O3S/c1-16(2)13-28-9-10-31-18(14-28)12-25-22(29)15-32-23-11-20(24(30)26-17-7-8-17)19-5-3-4-6-21(19)27-23/h3-6,11,16-18H,7-10,12-15H2,1-2H3,(H,25,29)(H,26,30). The highest BCUT2D eigenvalue weighted by Crippen LogP contribution is 2.26. The SMILES string of the molecule is CC(C)CN1CCOC(CNC(=O)CSc2cc(C(=O)NC3CC3)c3ccccc3n2)C1. The molecule has 8 heteroatoms. The Morgan fingerprint density at radius 1 is 1.28 bits per heavy atom. The number of thioether (sulfide) groups is 1. The zero-order valence-corrected chi connectivity index (χ0v) is 19.6. The zero-order valence-electron chi connectivity index (χ0n) is 18.8. The molecule has 32 heavy (non-hydrogen) atoms. The van der Waals surface area contributed by atoms with E-state index >= 15 is 0 Å². The molecule has 7 nitrogen and oxygen atoms in total. The highest BCUT2D eigenvalue weighted by atomic mass is 32.2. The van der Waals surface area contributed by atoms with Crippen molar-refractivity contribution in [2.75, 3.05) is 38.5 Å². The second-order valence-electron chi connectivity index (χ2n) is 9.01. The summed E-state index contributed by atoms with van der Waals surface area (Å²) in [5.74, 6) is 0.735. The Morgan fingerprint density at radius 3 is 2.88 bits per heavy atom. The minimum absolute atomic E-state index is 0.0213. The molecule has 1 saturated heterocycles. The van der Waals surface area contributed by atoms with Gasteiger partial charge >= 0.3 is 0 Å². The fraction of sp³-hybridized carbons (Fsp3) is 0.542. The van der Waals surface area contributed by atoms with Crippen molar-refractivity contribution in [3.8, 4) is 0 Å². The predicted molar refractivity (Wildman–Crippen MR) is 127 cm³/mol. The number of hydrogen-bond donors (Lipinski definition) is 2. The summed E-state index contributed by atoms with van der Waals surface area (Å²) >= 11 is 1.35. The number of carbonyl (C=O) groups excluding carboxylic acids is 2. The van der Waals surface area contributed by atoms with E-state index in [9.17, 15) is 9.59 Å². The molecule has 0 spiro atoms. The number of pyridine rings is 1. The molecule has 2 aliphatic rings. The number of para-hydroxylation sites is 1. The number of nitrogens with zero attached hydrogens (tertiary/aromatic N) is 2. The molecule has 2 aromatic rings. The number of nitrogens with one attached hydrogen (secondary N) is 2. The summed E-state index contributed by atoms with van der Waals surface area (Å²) in [6.07, 6.45) is 2.10. The molecule has 0 bridgehead atoms. The summed E-state index contributed by atoms with van der Waals surface area (Å²) in [6, 6.07) is 9.72. The molecule has 1 aliphatic heterocycles. The van der Waals surface area contributed by atoms with Gasteiger partial charge in [0.2, 0.25) is 5.91 Å². The molecule has 1 saturated carbocycles. The van der Waals surface area contributed by atoms with Crippen LogP contribution in [-0.2, 0) is 9.53 Å². The highest BCUT2D eigenvalue weighted by molar-refractivity contribution is 7.99. The van der Waals surface area contributed by atoms with Crippen LogP contribution in [0.15, 0.2) is 35.4 Å². The zero-order chi connectivity index (χ0) is 22.5. The van der Waals surface area contributed by atoms with Crippen molar-refractivity contribution in [3.05, 3.63) is 35.9 Å². The number of amides is 2. The van der Waals surface area contributed by atoms with Crippen LogP contribution in [0, 0.1) is 5.92 Å². The van der Waals surface area contributed by atoms with Crippen LogP contribution in [0.4, 0.5) is 0 Å². The number of fused-ring (bicyclic) bond motifs is 1. The van der Waals surface area contributed by atoms with E-state index in [1.54, 1.807) is 6.07 Å². The van der Waals surface area contributed by atoms with Gasteiger partial charge in [0.05, 0.1) is 34.6 Å². The molecule has 2 heterocycles. The normalized spacial score (nSPS) is 19.3. The lowest BCUT2D eigenvalue weighted by Crippen LogP contribution is -2.48. The van der Waals surface area contributed by atoms with Gasteiger partial charge in [-0.15, -0.1) is 0 Å².